The third kappa shape index (κ3) is 3.48. The Hall–Kier alpha value is -5.22. The quantitative estimate of drug-likeness (QED) is 0.208. The van der Waals surface area contributed by atoms with Gasteiger partial charge >= 0.3 is 0 Å². The maximum atomic E-state index is 4.97. The lowest BCUT2D eigenvalue weighted by Crippen LogP contribution is -1.98. The molecule has 0 saturated carbocycles. The molecule has 4 heteroatoms. The van der Waals surface area contributed by atoms with Crippen LogP contribution in [0.4, 0.5) is 0 Å². The third-order valence-electron chi connectivity index (χ3n) is 8.79. The molecule has 2 heterocycles. The van der Waals surface area contributed by atoms with Crippen molar-refractivity contribution in [3.05, 3.63) is 132 Å². The molecule has 0 saturated heterocycles. The molecule has 6 aromatic carbocycles. The monoisotopic (exact) mass is 542 g/mol. The van der Waals surface area contributed by atoms with Crippen LogP contribution in [0.15, 0.2) is 109 Å². The number of nitrogens with zero attached hydrogens (tertiary/aromatic N) is 4. The molecule has 0 aliphatic rings. The van der Waals surface area contributed by atoms with Crippen LogP contribution < -0.4 is 0 Å². The molecule has 202 valence electrons. The van der Waals surface area contributed by atoms with Crippen molar-refractivity contribution < 1.29 is 0 Å². The second kappa shape index (κ2) is 9.15. The van der Waals surface area contributed by atoms with Crippen LogP contribution in [0.1, 0.15) is 22.8 Å². The van der Waals surface area contributed by atoms with Crippen LogP contribution in [0, 0.1) is 27.7 Å². The SMILES string of the molecule is Cc1nn(-c2ccccc2)c(C)c1-c1ccc2ccc3c(-c4c(C)nn(-c5ccccc5)c4C)ccc4ccc1c2c43. The molecule has 0 aliphatic heterocycles. The normalized spacial score (nSPS) is 11.8. The second-order valence-corrected chi connectivity index (χ2v) is 11.2. The lowest BCUT2D eigenvalue weighted by atomic mass is 9.86. The molecular formula is C38H30N4. The summed E-state index contributed by atoms with van der Waals surface area (Å²) >= 11 is 0. The van der Waals surface area contributed by atoms with Crippen molar-refractivity contribution in [2.45, 2.75) is 27.7 Å². The van der Waals surface area contributed by atoms with Gasteiger partial charge in [-0.1, -0.05) is 84.9 Å². The van der Waals surface area contributed by atoms with Crippen molar-refractivity contribution in [1.82, 2.24) is 19.6 Å². The molecule has 0 amide bonds. The van der Waals surface area contributed by atoms with Gasteiger partial charge in [0.25, 0.3) is 0 Å². The fourth-order valence-electron chi connectivity index (χ4n) is 6.94. The molecule has 0 spiro atoms. The van der Waals surface area contributed by atoms with Crippen LogP contribution in [0.5, 0.6) is 0 Å². The first-order valence-corrected chi connectivity index (χ1v) is 14.5. The number of benzene rings is 6. The zero-order chi connectivity index (χ0) is 28.5. The number of aryl methyl sites for hydroxylation is 2. The minimum absolute atomic E-state index is 1.03. The van der Waals surface area contributed by atoms with E-state index in [0.717, 1.165) is 34.2 Å². The molecule has 8 aromatic rings. The Kier molecular flexibility index (Phi) is 5.35. The lowest BCUT2D eigenvalue weighted by Gasteiger charge is -2.17. The van der Waals surface area contributed by atoms with Gasteiger partial charge < -0.3 is 0 Å². The summed E-state index contributed by atoms with van der Waals surface area (Å²) in [6, 6.07) is 39.0. The first kappa shape index (κ1) is 24.6. The average Bonchev–Trinajstić information content (AvgIpc) is 3.49. The van der Waals surface area contributed by atoms with Gasteiger partial charge in [0.2, 0.25) is 0 Å². The number of rotatable bonds is 4. The van der Waals surface area contributed by atoms with E-state index < -0.39 is 0 Å². The number of hydrogen-bond acceptors (Lipinski definition) is 2. The minimum Gasteiger partial charge on any atom is -0.237 e. The van der Waals surface area contributed by atoms with Gasteiger partial charge in [-0.25, -0.2) is 9.36 Å². The maximum absolute atomic E-state index is 4.97. The van der Waals surface area contributed by atoms with Crippen LogP contribution in [0.25, 0.3) is 65.9 Å². The van der Waals surface area contributed by atoms with Gasteiger partial charge in [0, 0.05) is 22.5 Å². The van der Waals surface area contributed by atoms with Crippen LogP contribution in [0.2, 0.25) is 0 Å². The first-order chi connectivity index (χ1) is 20.5. The van der Waals surface area contributed by atoms with Crippen molar-refractivity contribution in [3.8, 4) is 33.6 Å². The Morgan fingerprint density at radius 3 is 1.21 bits per heavy atom. The number of para-hydroxylation sites is 2. The van der Waals surface area contributed by atoms with Crippen LogP contribution in [0.3, 0.4) is 0 Å². The summed E-state index contributed by atoms with van der Waals surface area (Å²) in [5, 5.41) is 17.6. The van der Waals surface area contributed by atoms with Crippen molar-refractivity contribution in [3.63, 3.8) is 0 Å². The predicted molar refractivity (Wildman–Crippen MR) is 174 cm³/mol. The van der Waals surface area contributed by atoms with Gasteiger partial charge in [0.15, 0.2) is 0 Å². The largest absolute Gasteiger partial charge is 0.237 e. The number of aromatic nitrogens is 4. The van der Waals surface area contributed by atoms with Gasteiger partial charge in [0.05, 0.1) is 22.8 Å². The van der Waals surface area contributed by atoms with Gasteiger partial charge in [-0.2, -0.15) is 10.2 Å². The van der Waals surface area contributed by atoms with Crippen molar-refractivity contribution in [2.75, 3.05) is 0 Å². The van der Waals surface area contributed by atoms with E-state index in [1.165, 1.54) is 54.6 Å². The Bertz CT molecular complexity index is 2110. The van der Waals surface area contributed by atoms with Crippen molar-refractivity contribution in [1.29, 1.82) is 0 Å². The van der Waals surface area contributed by atoms with E-state index in [1.807, 2.05) is 12.1 Å². The molecule has 2 aromatic heterocycles. The lowest BCUT2D eigenvalue weighted by molar-refractivity contribution is 0.834. The zero-order valence-electron chi connectivity index (χ0n) is 24.2. The van der Waals surface area contributed by atoms with E-state index in [1.54, 1.807) is 0 Å². The summed E-state index contributed by atoms with van der Waals surface area (Å²) in [4.78, 5) is 0. The Morgan fingerprint density at radius 2 is 0.810 bits per heavy atom. The van der Waals surface area contributed by atoms with E-state index in [4.69, 9.17) is 10.2 Å². The van der Waals surface area contributed by atoms with Gasteiger partial charge in [-0.15, -0.1) is 0 Å². The van der Waals surface area contributed by atoms with E-state index in [0.29, 0.717) is 0 Å². The Morgan fingerprint density at radius 1 is 0.429 bits per heavy atom. The predicted octanol–water partition coefficient (Wildman–Crippen LogP) is 9.52. The Balaban J connectivity index is 1.38. The van der Waals surface area contributed by atoms with E-state index in [9.17, 15) is 0 Å². The molecule has 4 nitrogen and oxygen atoms in total. The molecule has 0 atom stereocenters. The number of hydrogen-bond donors (Lipinski definition) is 0. The maximum Gasteiger partial charge on any atom is 0.0679 e. The molecule has 0 aliphatic carbocycles. The summed E-state index contributed by atoms with van der Waals surface area (Å²) in [6.07, 6.45) is 0. The van der Waals surface area contributed by atoms with Gasteiger partial charge in [0.1, 0.15) is 0 Å². The van der Waals surface area contributed by atoms with Crippen molar-refractivity contribution in [2.24, 2.45) is 0 Å². The van der Waals surface area contributed by atoms with Gasteiger partial charge in [-0.05, 0) is 95.4 Å². The van der Waals surface area contributed by atoms with E-state index in [2.05, 4.69) is 134 Å². The highest BCUT2D eigenvalue weighted by atomic mass is 15.3. The third-order valence-corrected chi connectivity index (χ3v) is 8.79. The molecule has 0 N–H and O–H groups in total. The highest BCUT2D eigenvalue weighted by Crippen LogP contribution is 2.44. The minimum atomic E-state index is 1.03. The van der Waals surface area contributed by atoms with Crippen LogP contribution in [-0.2, 0) is 0 Å². The fourth-order valence-corrected chi connectivity index (χ4v) is 6.94. The summed E-state index contributed by atoms with van der Waals surface area (Å²) in [6.45, 7) is 8.59. The Labute approximate surface area is 244 Å². The second-order valence-electron chi connectivity index (χ2n) is 11.2. The standard InChI is InChI=1S/C38H30N4/c1-23-35(25(3)41(39-23)29-11-7-5-8-12-29)31-19-15-27-18-22-34-32(20-16-28-17-21-33(31)37(27)38(28)34)36-24(2)40-42(26(36)4)30-13-9-6-10-14-30/h5-22H,1-4H3. The summed E-state index contributed by atoms with van der Waals surface area (Å²) < 4.78 is 4.13. The highest BCUT2D eigenvalue weighted by Gasteiger charge is 2.22. The highest BCUT2D eigenvalue weighted by molar-refractivity contribution is 6.27. The molecule has 0 unspecified atom stereocenters. The van der Waals surface area contributed by atoms with E-state index >= 15 is 0 Å². The molecule has 0 radical (unpaired) electrons. The summed E-state index contributed by atoms with van der Waals surface area (Å²) in [5.74, 6) is 0. The average molecular weight is 543 g/mol. The van der Waals surface area contributed by atoms with Crippen LogP contribution in [-0.4, -0.2) is 19.6 Å². The molecular weight excluding hydrogens is 512 g/mol. The van der Waals surface area contributed by atoms with Crippen molar-refractivity contribution >= 4 is 32.3 Å². The van der Waals surface area contributed by atoms with Gasteiger partial charge in [-0.3, -0.25) is 0 Å². The molecule has 0 fully saturated rings. The topological polar surface area (TPSA) is 35.6 Å². The molecule has 42 heavy (non-hydrogen) atoms. The van der Waals surface area contributed by atoms with Crippen LogP contribution >= 0.6 is 0 Å². The summed E-state index contributed by atoms with van der Waals surface area (Å²) in [5.41, 5.74) is 11.4. The smallest absolute Gasteiger partial charge is 0.0679 e. The van der Waals surface area contributed by atoms with E-state index in [-0.39, 0.29) is 0 Å². The fraction of sp³-hybridized carbons (Fsp3) is 0.105. The summed E-state index contributed by atoms with van der Waals surface area (Å²) in [7, 11) is 0. The molecule has 0 bridgehead atoms. The zero-order valence-corrected chi connectivity index (χ0v) is 24.2. The first-order valence-electron chi connectivity index (χ1n) is 14.5. The molecule has 8 rings (SSSR count).